The minimum Gasteiger partial charge on any atom is -0.508 e. The second kappa shape index (κ2) is 9.41. The minimum absolute atomic E-state index is 0.0351. The maximum Gasteiger partial charge on any atom is 0.229 e. The van der Waals surface area contributed by atoms with Crippen LogP contribution in [0, 0.1) is 0 Å². The van der Waals surface area contributed by atoms with E-state index in [0.717, 1.165) is 17.7 Å². The van der Waals surface area contributed by atoms with Crippen molar-refractivity contribution in [2.24, 2.45) is 0 Å². The number of phenolic OH excluding ortho intramolecular Hbond substituents is 2. The van der Waals surface area contributed by atoms with E-state index in [9.17, 15) is 35.4 Å². The van der Waals surface area contributed by atoms with Gasteiger partial charge in [-0.25, -0.2) is 0 Å². The van der Waals surface area contributed by atoms with Gasteiger partial charge in [-0.15, -0.1) is 0 Å². The third-order valence-electron chi connectivity index (χ3n) is 4.92. The zero-order chi connectivity index (χ0) is 21.8. The lowest BCUT2D eigenvalue weighted by atomic mass is 9.99. The van der Waals surface area contributed by atoms with Gasteiger partial charge < -0.3 is 40.1 Å². The number of aryl methyl sites for hydroxylation is 1. The van der Waals surface area contributed by atoms with Gasteiger partial charge in [0.1, 0.15) is 47.2 Å². The summed E-state index contributed by atoms with van der Waals surface area (Å²) in [4.78, 5) is 12.8. The average molecular weight is 420 g/mol. The van der Waals surface area contributed by atoms with Gasteiger partial charge in [0.25, 0.3) is 0 Å². The third kappa shape index (κ3) is 4.72. The summed E-state index contributed by atoms with van der Waals surface area (Å²) in [6.45, 7) is -0.654. The summed E-state index contributed by atoms with van der Waals surface area (Å²) in [5.41, 5.74) is 0.696. The number of phenols is 2. The van der Waals surface area contributed by atoms with Crippen LogP contribution in [-0.4, -0.2) is 73.7 Å². The van der Waals surface area contributed by atoms with E-state index in [1.165, 1.54) is 0 Å². The summed E-state index contributed by atoms with van der Waals surface area (Å²) in [7, 11) is 0. The van der Waals surface area contributed by atoms with Gasteiger partial charge in [-0.1, -0.05) is 30.3 Å². The molecular formula is C21H24O9. The fourth-order valence-corrected chi connectivity index (χ4v) is 3.28. The molecule has 162 valence electrons. The van der Waals surface area contributed by atoms with Crippen LogP contribution in [0.5, 0.6) is 17.2 Å². The van der Waals surface area contributed by atoms with E-state index in [1.807, 2.05) is 30.3 Å². The van der Waals surface area contributed by atoms with Gasteiger partial charge in [-0.2, -0.15) is 0 Å². The summed E-state index contributed by atoms with van der Waals surface area (Å²) in [6, 6.07) is 11.3. The molecule has 1 saturated heterocycles. The Hall–Kier alpha value is -2.69. The Labute approximate surface area is 172 Å². The van der Waals surface area contributed by atoms with E-state index >= 15 is 0 Å². The molecule has 2 aromatic rings. The standard InChI is InChI=1S/C21H24O9/c22-10-16-18(26)19(27)20(28)21(30-16)29-15-9-12(23)8-14(25)17(15)13(24)7-6-11-4-2-1-3-5-11/h1-5,8-9,16,18-23,25-28H,6-7,10H2/t16-,18+,19+,20+,21-/m1/s1. The number of hydrogen-bond acceptors (Lipinski definition) is 9. The van der Waals surface area contributed by atoms with E-state index in [2.05, 4.69) is 0 Å². The minimum atomic E-state index is -1.71. The van der Waals surface area contributed by atoms with Gasteiger partial charge in [-0.3, -0.25) is 4.79 Å². The van der Waals surface area contributed by atoms with Crippen LogP contribution in [0.3, 0.4) is 0 Å². The monoisotopic (exact) mass is 420 g/mol. The fraction of sp³-hybridized carbons (Fsp3) is 0.381. The van der Waals surface area contributed by atoms with Crippen molar-refractivity contribution in [3.8, 4) is 17.2 Å². The predicted octanol–water partition coefficient (Wildman–Crippen LogP) is 0.0920. The van der Waals surface area contributed by atoms with E-state index in [0.29, 0.717) is 6.42 Å². The molecule has 9 heteroatoms. The Morgan fingerprint density at radius 3 is 2.37 bits per heavy atom. The average Bonchev–Trinajstić information content (AvgIpc) is 2.72. The Morgan fingerprint density at radius 2 is 1.70 bits per heavy atom. The molecule has 0 aliphatic carbocycles. The molecule has 1 aliphatic heterocycles. The van der Waals surface area contributed by atoms with Crippen molar-refractivity contribution in [1.82, 2.24) is 0 Å². The maximum atomic E-state index is 12.8. The number of ketones is 1. The highest BCUT2D eigenvalue weighted by molar-refractivity contribution is 6.01. The normalized spacial score (nSPS) is 26.3. The van der Waals surface area contributed by atoms with E-state index in [-0.39, 0.29) is 17.7 Å². The molecule has 1 heterocycles. The van der Waals surface area contributed by atoms with Gasteiger partial charge in [0.05, 0.1) is 6.61 Å². The summed E-state index contributed by atoms with van der Waals surface area (Å²) < 4.78 is 10.8. The number of hydrogen-bond donors (Lipinski definition) is 6. The number of rotatable bonds is 7. The first-order chi connectivity index (χ1) is 14.3. The summed E-state index contributed by atoms with van der Waals surface area (Å²) >= 11 is 0. The summed E-state index contributed by atoms with van der Waals surface area (Å²) in [5, 5.41) is 59.3. The first-order valence-corrected chi connectivity index (χ1v) is 9.42. The topological polar surface area (TPSA) is 157 Å². The molecule has 6 N–H and O–H groups in total. The number of aliphatic hydroxyl groups is 4. The summed E-state index contributed by atoms with van der Waals surface area (Å²) in [5.74, 6) is -1.66. The van der Waals surface area contributed by atoms with Crippen LogP contribution in [0.1, 0.15) is 22.3 Å². The number of aliphatic hydroxyl groups excluding tert-OH is 4. The first kappa shape index (κ1) is 22.0. The smallest absolute Gasteiger partial charge is 0.229 e. The van der Waals surface area contributed by atoms with Crippen molar-refractivity contribution in [2.45, 2.75) is 43.5 Å². The molecule has 0 spiro atoms. The van der Waals surface area contributed by atoms with Crippen molar-refractivity contribution in [3.05, 3.63) is 53.6 Å². The molecule has 2 aromatic carbocycles. The highest BCUT2D eigenvalue weighted by Crippen LogP contribution is 2.36. The lowest BCUT2D eigenvalue weighted by molar-refractivity contribution is -0.277. The Balaban J connectivity index is 1.83. The van der Waals surface area contributed by atoms with Crippen LogP contribution in [0.25, 0.3) is 0 Å². The van der Waals surface area contributed by atoms with Crippen LogP contribution in [0.4, 0.5) is 0 Å². The lowest BCUT2D eigenvalue weighted by Gasteiger charge is -2.39. The number of benzene rings is 2. The lowest BCUT2D eigenvalue weighted by Crippen LogP contribution is -2.60. The number of carbonyl (C=O) groups is 1. The van der Waals surface area contributed by atoms with Gasteiger partial charge >= 0.3 is 0 Å². The molecule has 1 aliphatic rings. The van der Waals surface area contributed by atoms with Crippen molar-refractivity contribution < 1.29 is 44.9 Å². The van der Waals surface area contributed by atoms with Crippen LogP contribution in [-0.2, 0) is 11.2 Å². The largest absolute Gasteiger partial charge is 0.508 e. The molecular weight excluding hydrogens is 396 g/mol. The summed E-state index contributed by atoms with van der Waals surface area (Å²) in [6.07, 6.45) is -7.30. The Morgan fingerprint density at radius 1 is 1.00 bits per heavy atom. The number of Topliss-reactive ketones (excluding diaryl/α,β-unsaturated/α-hetero) is 1. The second-order valence-corrected chi connectivity index (χ2v) is 7.06. The Kier molecular flexibility index (Phi) is 6.91. The Bertz CT molecular complexity index is 868. The molecule has 0 aromatic heterocycles. The molecule has 3 rings (SSSR count). The zero-order valence-electron chi connectivity index (χ0n) is 16.0. The molecule has 30 heavy (non-hydrogen) atoms. The number of carbonyl (C=O) groups excluding carboxylic acids is 1. The van der Waals surface area contributed by atoms with Crippen LogP contribution in [0.15, 0.2) is 42.5 Å². The molecule has 0 unspecified atom stereocenters. The predicted molar refractivity (Wildman–Crippen MR) is 103 cm³/mol. The fourth-order valence-electron chi connectivity index (χ4n) is 3.28. The SMILES string of the molecule is O=C(CCc1ccccc1)c1c(O)cc(O)cc1O[C@@H]1O[C@H](CO)[C@H](O)[C@H](O)[C@@H]1O. The van der Waals surface area contributed by atoms with Crippen molar-refractivity contribution >= 4 is 5.78 Å². The van der Waals surface area contributed by atoms with E-state index < -0.39 is 54.6 Å². The van der Waals surface area contributed by atoms with E-state index in [1.54, 1.807) is 0 Å². The molecule has 0 radical (unpaired) electrons. The van der Waals surface area contributed by atoms with Gasteiger partial charge in [0.2, 0.25) is 6.29 Å². The van der Waals surface area contributed by atoms with Gasteiger partial charge in [0, 0.05) is 18.6 Å². The zero-order valence-corrected chi connectivity index (χ0v) is 16.0. The molecule has 5 atom stereocenters. The highest BCUT2D eigenvalue weighted by Gasteiger charge is 2.45. The first-order valence-electron chi connectivity index (χ1n) is 9.42. The maximum absolute atomic E-state index is 12.8. The number of aromatic hydroxyl groups is 2. The number of ether oxygens (including phenoxy) is 2. The van der Waals surface area contributed by atoms with Gasteiger partial charge in [-0.05, 0) is 12.0 Å². The van der Waals surface area contributed by atoms with Crippen molar-refractivity contribution in [3.63, 3.8) is 0 Å². The van der Waals surface area contributed by atoms with Crippen molar-refractivity contribution in [1.29, 1.82) is 0 Å². The quantitative estimate of drug-likeness (QED) is 0.342. The van der Waals surface area contributed by atoms with Crippen LogP contribution < -0.4 is 4.74 Å². The highest BCUT2D eigenvalue weighted by atomic mass is 16.7. The van der Waals surface area contributed by atoms with Crippen LogP contribution in [0.2, 0.25) is 0 Å². The van der Waals surface area contributed by atoms with E-state index in [4.69, 9.17) is 9.47 Å². The molecule has 0 bridgehead atoms. The molecule has 1 fully saturated rings. The third-order valence-corrected chi connectivity index (χ3v) is 4.92. The van der Waals surface area contributed by atoms with Crippen molar-refractivity contribution in [2.75, 3.05) is 6.61 Å². The van der Waals surface area contributed by atoms with Crippen LogP contribution >= 0.6 is 0 Å². The van der Waals surface area contributed by atoms with Gasteiger partial charge in [0.15, 0.2) is 5.78 Å². The molecule has 0 amide bonds. The second-order valence-electron chi connectivity index (χ2n) is 7.06. The molecule has 9 nitrogen and oxygen atoms in total. The molecule has 0 saturated carbocycles.